The number of carbonyl (C=O) groups excluding carboxylic acids is 2. The molecule has 0 fully saturated rings. The Hall–Kier alpha value is -3.41. The van der Waals surface area contributed by atoms with Gasteiger partial charge in [-0.25, -0.2) is 0 Å². The van der Waals surface area contributed by atoms with Crippen LogP contribution >= 0.6 is 0 Å². The lowest BCUT2D eigenvalue weighted by molar-refractivity contribution is -0.137. The lowest BCUT2D eigenvalue weighted by Gasteiger charge is -2.13. The Morgan fingerprint density at radius 3 is 2.24 bits per heavy atom. The highest BCUT2D eigenvalue weighted by Gasteiger charge is 2.32. The van der Waals surface area contributed by atoms with Crippen LogP contribution in [0.15, 0.2) is 60.7 Å². The third kappa shape index (κ3) is 6.56. The molecule has 3 rings (SSSR count). The minimum Gasteiger partial charge on any atom is -0.507 e. The van der Waals surface area contributed by atoms with Gasteiger partial charge in [0.25, 0.3) is 0 Å². The van der Waals surface area contributed by atoms with Crippen molar-refractivity contribution in [2.45, 2.75) is 52.1 Å². The van der Waals surface area contributed by atoms with Gasteiger partial charge in [0, 0.05) is 30.4 Å². The van der Waals surface area contributed by atoms with E-state index in [-0.39, 0.29) is 41.3 Å². The third-order valence-corrected chi connectivity index (χ3v) is 5.79. The predicted octanol–water partition coefficient (Wildman–Crippen LogP) is 6.65. The highest BCUT2D eigenvalue weighted by atomic mass is 19.4. The van der Waals surface area contributed by atoms with E-state index in [9.17, 15) is 27.9 Å². The molecule has 6 heteroatoms. The average Bonchev–Trinajstić information content (AvgIpc) is 2.80. The zero-order chi connectivity index (χ0) is 24.9. The molecule has 0 saturated heterocycles. The fourth-order valence-electron chi connectivity index (χ4n) is 3.85. The van der Waals surface area contributed by atoms with Crippen molar-refractivity contribution in [3.63, 3.8) is 0 Å². The Balaban J connectivity index is 1.59. The number of carbonyl (C=O) groups is 2. The van der Waals surface area contributed by atoms with Crippen LogP contribution in [0.2, 0.25) is 0 Å². The molecule has 34 heavy (non-hydrogen) atoms. The summed E-state index contributed by atoms with van der Waals surface area (Å²) in [5, 5.41) is 10.1. The van der Waals surface area contributed by atoms with E-state index in [2.05, 4.69) is 0 Å². The quantitative estimate of drug-likeness (QED) is 0.358. The SMILES string of the molecule is CCC(=O)c1cccc(Cc2ccc(CCC(=O)Cc3cc(C(F)(F)F)cc(C)c3O)cc2)c1. The molecule has 0 bridgehead atoms. The number of benzene rings is 3. The first-order chi connectivity index (χ1) is 16.1. The van der Waals surface area contributed by atoms with E-state index in [0.29, 0.717) is 24.8 Å². The number of phenols is 1. The monoisotopic (exact) mass is 468 g/mol. The Kier molecular flexibility index (Phi) is 7.92. The van der Waals surface area contributed by atoms with Gasteiger partial charge in [-0.05, 0) is 60.2 Å². The molecule has 3 nitrogen and oxygen atoms in total. The van der Waals surface area contributed by atoms with Crippen molar-refractivity contribution in [3.05, 3.63) is 99.6 Å². The fraction of sp³-hybridized carbons (Fsp3) is 0.286. The minimum absolute atomic E-state index is 0.00328. The predicted molar refractivity (Wildman–Crippen MR) is 125 cm³/mol. The van der Waals surface area contributed by atoms with Gasteiger partial charge in [-0.2, -0.15) is 13.2 Å². The maximum atomic E-state index is 13.0. The molecule has 0 atom stereocenters. The molecule has 0 spiro atoms. The number of ketones is 2. The average molecular weight is 469 g/mol. The number of phenolic OH excluding ortho intramolecular Hbond substituents is 1. The highest BCUT2D eigenvalue weighted by Crippen LogP contribution is 2.34. The van der Waals surface area contributed by atoms with E-state index in [0.717, 1.165) is 28.8 Å². The van der Waals surface area contributed by atoms with Crippen LogP contribution in [0, 0.1) is 6.92 Å². The van der Waals surface area contributed by atoms with E-state index >= 15 is 0 Å². The maximum absolute atomic E-state index is 13.0. The van der Waals surface area contributed by atoms with Crippen molar-refractivity contribution in [3.8, 4) is 5.75 Å². The molecule has 178 valence electrons. The Morgan fingerprint density at radius 1 is 0.912 bits per heavy atom. The van der Waals surface area contributed by atoms with Crippen LogP contribution in [-0.4, -0.2) is 16.7 Å². The third-order valence-electron chi connectivity index (χ3n) is 5.79. The number of Topliss-reactive ketones (excluding diaryl/α,β-unsaturated/α-hetero) is 2. The normalized spacial score (nSPS) is 11.4. The summed E-state index contributed by atoms with van der Waals surface area (Å²) >= 11 is 0. The summed E-state index contributed by atoms with van der Waals surface area (Å²) in [4.78, 5) is 24.3. The van der Waals surface area contributed by atoms with Crippen LogP contribution in [0.1, 0.15) is 63.5 Å². The van der Waals surface area contributed by atoms with Crippen molar-refractivity contribution in [1.29, 1.82) is 0 Å². The van der Waals surface area contributed by atoms with Gasteiger partial charge in [-0.15, -0.1) is 0 Å². The molecule has 0 amide bonds. The number of hydrogen-bond acceptors (Lipinski definition) is 3. The van der Waals surface area contributed by atoms with E-state index in [1.807, 2.05) is 55.5 Å². The van der Waals surface area contributed by atoms with Crippen LogP contribution in [0.25, 0.3) is 0 Å². The fourth-order valence-corrected chi connectivity index (χ4v) is 3.85. The molecule has 1 N–H and O–H groups in total. The first kappa shape index (κ1) is 25.2. The van der Waals surface area contributed by atoms with Crippen LogP contribution in [0.5, 0.6) is 5.75 Å². The zero-order valence-electron chi connectivity index (χ0n) is 19.2. The number of aryl methyl sites for hydroxylation is 2. The number of aromatic hydroxyl groups is 1. The summed E-state index contributed by atoms with van der Waals surface area (Å²) in [5.74, 6) is -0.401. The summed E-state index contributed by atoms with van der Waals surface area (Å²) in [6.45, 7) is 3.22. The van der Waals surface area contributed by atoms with Gasteiger partial charge in [0.1, 0.15) is 11.5 Å². The number of halogens is 3. The van der Waals surface area contributed by atoms with E-state index in [4.69, 9.17) is 0 Å². The molecule has 0 unspecified atom stereocenters. The molecular weight excluding hydrogens is 441 g/mol. The molecule has 3 aromatic rings. The smallest absolute Gasteiger partial charge is 0.416 e. The second-order valence-corrected chi connectivity index (χ2v) is 8.48. The van der Waals surface area contributed by atoms with Crippen LogP contribution < -0.4 is 0 Å². The summed E-state index contributed by atoms with van der Waals surface area (Å²) in [6, 6.07) is 17.1. The molecule has 3 aromatic carbocycles. The number of alkyl halides is 3. The number of hydrogen-bond donors (Lipinski definition) is 1. The largest absolute Gasteiger partial charge is 0.507 e. The molecule has 0 aliphatic rings. The summed E-state index contributed by atoms with van der Waals surface area (Å²) in [7, 11) is 0. The Labute approximate surface area is 197 Å². The Bertz CT molecular complexity index is 1180. The maximum Gasteiger partial charge on any atom is 0.416 e. The second-order valence-electron chi connectivity index (χ2n) is 8.48. The van der Waals surface area contributed by atoms with Crippen LogP contribution in [-0.2, 0) is 30.2 Å². The van der Waals surface area contributed by atoms with Gasteiger partial charge in [0.05, 0.1) is 5.56 Å². The molecule has 0 aliphatic heterocycles. The van der Waals surface area contributed by atoms with Gasteiger partial charge in [0.2, 0.25) is 0 Å². The van der Waals surface area contributed by atoms with E-state index < -0.39 is 11.7 Å². The van der Waals surface area contributed by atoms with Crippen molar-refractivity contribution in [2.75, 3.05) is 0 Å². The standard InChI is InChI=1S/C28H27F3O3/c1-3-26(33)22-6-4-5-21(15-22)14-20-9-7-19(8-10-20)11-12-25(32)17-23-16-24(28(29,30)31)13-18(2)27(23)34/h4-10,13,15-16,34H,3,11-12,14,17H2,1-2H3. The lowest BCUT2D eigenvalue weighted by Crippen LogP contribution is -2.09. The van der Waals surface area contributed by atoms with Crippen LogP contribution in [0.4, 0.5) is 13.2 Å². The summed E-state index contributed by atoms with van der Waals surface area (Å²) < 4.78 is 39.1. The van der Waals surface area contributed by atoms with Gasteiger partial charge in [-0.1, -0.05) is 49.4 Å². The molecular formula is C28H27F3O3. The van der Waals surface area contributed by atoms with E-state index in [1.165, 1.54) is 6.92 Å². The topological polar surface area (TPSA) is 54.4 Å². The van der Waals surface area contributed by atoms with Gasteiger partial charge in [0.15, 0.2) is 5.78 Å². The van der Waals surface area contributed by atoms with Crippen molar-refractivity contribution in [2.24, 2.45) is 0 Å². The molecule has 0 radical (unpaired) electrons. The van der Waals surface area contributed by atoms with Crippen molar-refractivity contribution < 1.29 is 27.9 Å². The minimum atomic E-state index is -4.54. The molecule has 0 aliphatic carbocycles. The lowest BCUT2D eigenvalue weighted by atomic mass is 9.97. The summed E-state index contributed by atoms with van der Waals surface area (Å²) in [5.41, 5.74) is 2.98. The first-order valence-corrected chi connectivity index (χ1v) is 11.2. The summed E-state index contributed by atoms with van der Waals surface area (Å²) in [6.07, 6.45) is -3.03. The van der Waals surface area contributed by atoms with Crippen molar-refractivity contribution in [1.82, 2.24) is 0 Å². The number of rotatable bonds is 9. The van der Waals surface area contributed by atoms with E-state index in [1.54, 1.807) is 0 Å². The van der Waals surface area contributed by atoms with Crippen molar-refractivity contribution >= 4 is 11.6 Å². The molecule has 0 heterocycles. The second kappa shape index (κ2) is 10.7. The van der Waals surface area contributed by atoms with Gasteiger partial charge >= 0.3 is 6.18 Å². The Morgan fingerprint density at radius 2 is 1.59 bits per heavy atom. The highest BCUT2D eigenvalue weighted by molar-refractivity contribution is 5.96. The first-order valence-electron chi connectivity index (χ1n) is 11.2. The van der Waals surface area contributed by atoms with Gasteiger partial charge < -0.3 is 5.11 Å². The van der Waals surface area contributed by atoms with Crippen LogP contribution in [0.3, 0.4) is 0 Å². The molecule has 0 aromatic heterocycles. The molecule has 0 saturated carbocycles. The van der Waals surface area contributed by atoms with Gasteiger partial charge in [-0.3, -0.25) is 9.59 Å². The zero-order valence-corrected chi connectivity index (χ0v) is 19.2.